The Balaban J connectivity index is 2.85. The number of nitrogens with two attached hydrogens (primary N) is 1. The summed E-state index contributed by atoms with van der Waals surface area (Å²) >= 11 is 0. The van der Waals surface area contributed by atoms with Crippen molar-refractivity contribution in [1.29, 1.82) is 0 Å². The van der Waals surface area contributed by atoms with Crippen molar-refractivity contribution in [2.75, 3.05) is 32.7 Å². The van der Waals surface area contributed by atoms with Crippen LogP contribution in [-0.4, -0.2) is 57.1 Å². The number of hydrogen-bond acceptors (Lipinski definition) is 6. The van der Waals surface area contributed by atoms with Gasteiger partial charge in [0.15, 0.2) is 5.84 Å². The molecule has 21 heavy (non-hydrogen) atoms. The van der Waals surface area contributed by atoms with Gasteiger partial charge >= 0.3 is 0 Å². The lowest BCUT2D eigenvalue weighted by molar-refractivity contribution is 0.318. The molecule has 0 aromatic heterocycles. The summed E-state index contributed by atoms with van der Waals surface area (Å²) in [7, 11) is 0.352. The lowest BCUT2D eigenvalue weighted by Gasteiger charge is -2.17. The van der Waals surface area contributed by atoms with Crippen LogP contribution in [0, 0.1) is 0 Å². The molecule has 0 fully saturated rings. The van der Waals surface area contributed by atoms with Crippen LogP contribution in [0.25, 0.3) is 0 Å². The van der Waals surface area contributed by atoms with Crippen molar-refractivity contribution in [2.24, 2.45) is 10.9 Å². The minimum Gasteiger partial charge on any atom is -0.496 e. The van der Waals surface area contributed by atoms with E-state index in [0.717, 1.165) is 5.56 Å². The number of rotatable bonds is 7. The van der Waals surface area contributed by atoms with Crippen LogP contribution in [0.15, 0.2) is 23.4 Å². The van der Waals surface area contributed by atoms with Gasteiger partial charge < -0.3 is 20.6 Å². The highest BCUT2D eigenvalue weighted by Gasteiger charge is 2.11. The van der Waals surface area contributed by atoms with Crippen molar-refractivity contribution in [3.05, 3.63) is 29.3 Å². The number of hydrogen-bond donors (Lipinski definition) is 2. The van der Waals surface area contributed by atoms with E-state index >= 15 is 0 Å². The van der Waals surface area contributed by atoms with E-state index in [4.69, 9.17) is 15.7 Å². The molecule has 0 radical (unpaired) electrons. The predicted molar refractivity (Wildman–Crippen MR) is 81.5 cm³/mol. The van der Waals surface area contributed by atoms with Crippen LogP contribution < -0.4 is 10.5 Å². The first-order valence-electron chi connectivity index (χ1n) is 6.28. The van der Waals surface area contributed by atoms with E-state index in [1.165, 1.54) is 13.4 Å². The molecule has 0 atom stereocenters. The highest BCUT2D eigenvalue weighted by Crippen LogP contribution is 2.20. The van der Waals surface area contributed by atoms with E-state index in [9.17, 15) is 8.42 Å². The number of amidine groups is 1. The van der Waals surface area contributed by atoms with Crippen molar-refractivity contribution in [3.63, 3.8) is 0 Å². The normalized spacial score (nSPS) is 12.7. The van der Waals surface area contributed by atoms with Crippen LogP contribution in [0.1, 0.15) is 11.1 Å². The SMILES string of the molecule is COc1ccc(CN(C)CCS(C)(=O)=O)cc1C(N)=NO. The van der Waals surface area contributed by atoms with Gasteiger partial charge in [-0.2, -0.15) is 0 Å². The summed E-state index contributed by atoms with van der Waals surface area (Å²) in [5.41, 5.74) is 7.02. The number of nitrogens with zero attached hydrogens (tertiary/aromatic N) is 2. The van der Waals surface area contributed by atoms with Crippen LogP contribution in [0.4, 0.5) is 0 Å². The molecule has 0 aliphatic carbocycles. The Hall–Kier alpha value is -1.80. The first-order valence-corrected chi connectivity index (χ1v) is 8.34. The van der Waals surface area contributed by atoms with Gasteiger partial charge in [0.25, 0.3) is 0 Å². The molecule has 3 N–H and O–H groups in total. The van der Waals surface area contributed by atoms with Gasteiger partial charge in [-0.25, -0.2) is 8.42 Å². The highest BCUT2D eigenvalue weighted by molar-refractivity contribution is 7.90. The van der Waals surface area contributed by atoms with Gasteiger partial charge in [0, 0.05) is 19.3 Å². The smallest absolute Gasteiger partial charge is 0.173 e. The van der Waals surface area contributed by atoms with Crippen LogP contribution in [0.5, 0.6) is 5.75 Å². The second-order valence-electron chi connectivity index (χ2n) is 4.89. The maximum absolute atomic E-state index is 11.2. The van der Waals surface area contributed by atoms with Gasteiger partial charge in [-0.1, -0.05) is 11.2 Å². The molecule has 1 aromatic carbocycles. The molecule has 7 nitrogen and oxygen atoms in total. The molecule has 0 heterocycles. The van der Waals surface area contributed by atoms with Crippen molar-refractivity contribution in [2.45, 2.75) is 6.54 Å². The molecule has 0 unspecified atom stereocenters. The molecule has 0 bridgehead atoms. The summed E-state index contributed by atoms with van der Waals surface area (Å²) in [5, 5.41) is 11.8. The molecular formula is C13H21N3O4S. The largest absolute Gasteiger partial charge is 0.496 e. The van der Waals surface area contributed by atoms with E-state index in [2.05, 4.69) is 5.16 Å². The van der Waals surface area contributed by atoms with Crippen LogP contribution in [0.3, 0.4) is 0 Å². The molecule has 0 aliphatic heterocycles. The molecule has 1 aromatic rings. The van der Waals surface area contributed by atoms with E-state index in [0.29, 0.717) is 24.4 Å². The molecule has 1 rings (SSSR count). The second-order valence-corrected chi connectivity index (χ2v) is 7.15. The monoisotopic (exact) mass is 315 g/mol. The second kappa shape index (κ2) is 7.28. The topological polar surface area (TPSA) is 105 Å². The molecule has 0 saturated heterocycles. The zero-order valence-corrected chi connectivity index (χ0v) is 13.2. The highest BCUT2D eigenvalue weighted by atomic mass is 32.2. The fourth-order valence-corrected chi connectivity index (χ4v) is 2.46. The van der Waals surface area contributed by atoms with Crippen molar-refractivity contribution in [3.8, 4) is 5.75 Å². The van der Waals surface area contributed by atoms with Crippen molar-refractivity contribution < 1.29 is 18.4 Å². The summed E-state index contributed by atoms with van der Waals surface area (Å²) < 4.78 is 27.5. The number of methoxy groups -OCH3 is 1. The quantitative estimate of drug-likeness (QED) is 0.324. The summed E-state index contributed by atoms with van der Waals surface area (Å²) in [4.78, 5) is 1.89. The molecule has 8 heteroatoms. The minimum atomic E-state index is -2.98. The van der Waals surface area contributed by atoms with E-state index in [1.807, 2.05) is 18.0 Å². The standard InChI is InChI=1S/C13H21N3O4S/c1-16(6-7-21(3,18)19)9-10-4-5-12(20-2)11(8-10)13(14)15-17/h4-5,8,17H,6-7,9H2,1-3H3,(H2,14,15). The Morgan fingerprint density at radius 2 is 2.14 bits per heavy atom. The third-order valence-corrected chi connectivity index (χ3v) is 3.87. The summed E-state index contributed by atoms with van der Waals surface area (Å²) in [6.45, 7) is 0.981. The Kier molecular flexibility index (Phi) is 5.98. The Morgan fingerprint density at radius 1 is 1.48 bits per heavy atom. The summed E-state index contributed by atoms with van der Waals surface area (Å²) in [6.07, 6.45) is 1.21. The van der Waals surface area contributed by atoms with Gasteiger partial charge in [-0.3, -0.25) is 0 Å². The molecule has 0 aliphatic rings. The first-order chi connectivity index (χ1) is 9.76. The third-order valence-electron chi connectivity index (χ3n) is 2.94. The van der Waals surface area contributed by atoms with Gasteiger partial charge in [-0.15, -0.1) is 0 Å². The lowest BCUT2D eigenvalue weighted by atomic mass is 10.1. The molecule has 0 spiro atoms. The molecule has 0 saturated carbocycles. The fraction of sp³-hybridized carbons (Fsp3) is 0.462. The maximum atomic E-state index is 11.2. The van der Waals surface area contributed by atoms with Gasteiger partial charge in [-0.05, 0) is 24.7 Å². The maximum Gasteiger partial charge on any atom is 0.173 e. The molecule has 118 valence electrons. The number of benzene rings is 1. The zero-order valence-electron chi connectivity index (χ0n) is 12.4. The third kappa shape index (κ3) is 5.60. The Morgan fingerprint density at radius 3 is 2.67 bits per heavy atom. The number of oxime groups is 1. The van der Waals surface area contributed by atoms with E-state index in [-0.39, 0.29) is 11.6 Å². The summed E-state index contributed by atoms with van der Waals surface area (Å²) in [5.74, 6) is 0.576. The fourth-order valence-electron chi connectivity index (χ4n) is 1.82. The molecule has 0 amide bonds. The summed E-state index contributed by atoms with van der Waals surface area (Å²) in [6, 6.07) is 5.34. The van der Waals surface area contributed by atoms with Crippen LogP contribution >= 0.6 is 0 Å². The number of sulfone groups is 1. The zero-order chi connectivity index (χ0) is 16.0. The Labute approximate surface area is 124 Å². The Bertz CT molecular complexity index is 614. The average Bonchev–Trinajstić information content (AvgIpc) is 2.43. The van der Waals surface area contributed by atoms with E-state index < -0.39 is 9.84 Å². The number of ether oxygens (including phenoxy) is 1. The van der Waals surface area contributed by atoms with Crippen LogP contribution in [0.2, 0.25) is 0 Å². The molecular weight excluding hydrogens is 294 g/mol. The van der Waals surface area contributed by atoms with Crippen molar-refractivity contribution >= 4 is 15.7 Å². The average molecular weight is 315 g/mol. The van der Waals surface area contributed by atoms with Gasteiger partial charge in [0.1, 0.15) is 15.6 Å². The predicted octanol–water partition coefficient (Wildman–Crippen LogP) is 0.266. The first kappa shape index (κ1) is 17.3. The van der Waals surface area contributed by atoms with Crippen LogP contribution in [-0.2, 0) is 16.4 Å². The minimum absolute atomic E-state index is 0.0347. The van der Waals surface area contributed by atoms with Gasteiger partial charge in [0.05, 0.1) is 18.4 Å². The van der Waals surface area contributed by atoms with E-state index in [1.54, 1.807) is 12.1 Å². The lowest BCUT2D eigenvalue weighted by Crippen LogP contribution is -2.25. The van der Waals surface area contributed by atoms with Gasteiger partial charge in [0.2, 0.25) is 0 Å². The van der Waals surface area contributed by atoms with Crippen molar-refractivity contribution in [1.82, 2.24) is 4.90 Å².